The number of aryl methyl sites for hydroxylation is 1. The van der Waals surface area contributed by atoms with Gasteiger partial charge < -0.3 is 10.1 Å². The van der Waals surface area contributed by atoms with E-state index in [0.717, 1.165) is 36.7 Å². The van der Waals surface area contributed by atoms with Gasteiger partial charge in [-0.05, 0) is 61.8 Å². The predicted octanol–water partition coefficient (Wildman–Crippen LogP) is 4.38. The highest BCUT2D eigenvalue weighted by atomic mass is 35.5. The molecule has 0 saturated heterocycles. The van der Waals surface area contributed by atoms with Gasteiger partial charge >= 0.3 is 0 Å². The molecule has 126 valence electrons. The van der Waals surface area contributed by atoms with Gasteiger partial charge in [0.1, 0.15) is 22.5 Å². The number of methoxy groups -OCH3 is 1. The van der Waals surface area contributed by atoms with Crippen LogP contribution in [0.4, 0.5) is 5.82 Å². The molecule has 4 rings (SSSR count). The fourth-order valence-electron chi connectivity index (χ4n) is 3.44. The van der Waals surface area contributed by atoms with E-state index in [1.807, 2.05) is 6.07 Å². The second-order valence-electron chi connectivity index (χ2n) is 6.78. The second kappa shape index (κ2) is 6.60. The Bertz CT molecular complexity index is 745. The van der Waals surface area contributed by atoms with E-state index in [9.17, 15) is 0 Å². The van der Waals surface area contributed by atoms with Gasteiger partial charge in [0.2, 0.25) is 0 Å². The van der Waals surface area contributed by atoms with Crippen molar-refractivity contribution < 1.29 is 4.74 Å². The summed E-state index contributed by atoms with van der Waals surface area (Å²) < 4.78 is 5.38. The lowest BCUT2D eigenvalue weighted by Crippen LogP contribution is -2.22. The molecule has 4 nitrogen and oxygen atoms in total. The van der Waals surface area contributed by atoms with E-state index in [1.54, 1.807) is 7.11 Å². The monoisotopic (exact) mass is 343 g/mol. The number of aromatic nitrogens is 2. The van der Waals surface area contributed by atoms with Gasteiger partial charge in [0.15, 0.2) is 0 Å². The normalized spacial score (nSPS) is 20.2. The first-order valence-electron chi connectivity index (χ1n) is 8.68. The van der Waals surface area contributed by atoms with Crippen LogP contribution in [0.2, 0.25) is 5.15 Å². The summed E-state index contributed by atoms with van der Waals surface area (Å²) in [6, 6.07) is 8.61. The maximum Gasteiger partial charge on any atom is 0.135 e. The molecule has 1 unspecified atom stereocenters. The summed E-state index contributed by atoms with van der Waals surface area (Å²) in [5, 5.41) is 4.12. The molecule has 0 spiro atoms. The van der Waals surface area contributed by atoms with Crippen LogP contribution in [0.1, 0.15) is 48.6 Å². The highest BCUT2D eigenvalue weighted by molar-refractivity contribution is 6.29. The molecule has 2 aliphatic rings. The molecule has 24 heavy (non-hydrogen) atoms. The van der Waals surface area contributed by atoms with E-state index >= 15 is 0 Å². The Morgan fingerprint density at radius 3 is 2.79 bits per heavy atom. The molecule has 2 aliphatic carbocycles. The maximum absolute atomic E-state index is 6.18. The first kappa shape index (κ1) is 15.7. The molecule has 0 bridgehead atoms. The number of halogens is 1. The number of hydrogen-bond donors (Lipinski definition) is 1. The van der Waals surface area contributed by atoms with Crippen LogP contribution in [-0.2, 0) is 12.8 Å². The summed E-state index contributed by atoms with van der Waals surface area (Å²) in [7, 11) is 1.72. The summed E-state index contributed by atoms with van der Waals surface area (Å²) >= 11 is 6.18. The van der Waals surface area contributed by atoms with Gasteiger partial charge in [-0.3, -0.25) is 0 Å². The van der Waals surface area contributed by atoms with Crippen molar-refractivity contribution in [3.63, 3.8) is 0 Å². The standard InChI is InChI=1S/C19H22ClN3O/c1-24-16-8-7-12-3-2-4-15(9-14(12)10-16)21-18-11-17(20)22-19(23-18)13-5-6-13/h7-8,10-11,13,15H,2-6,9H2,1H3,(H,21,22,23). The number of ether oxygens (including phenoxy) is 1. The Kier molecular flexibility index (Phi) is 4.31. The minimum atomic E-state index is 0.358. The summed E-state index contributed by atoms with van der Waals surface area (Å²) in [5.74, 6) is 3.17. The highest BCUT2D eigenvalue weighted by Gasteiger charge is 2.27. The molecule has 0 radical (unpaired) electrons. The van der Waals surface area contributed by atoms with Crippen LogP contribution >= 0.6 is 11.6 Å². The van der Waals surface area contributed by atoms with Crippen molar-refractivity contribution in [2.45, 2.75) is 50.5 Å². The molecule has 1 saturated carbocycles. The summed E-state index contributed by atoms with van der Waals surface area (Å²) in [4.78, 5) is 9.04. The minimum absolute atomic E-state index is 0.358. The Hall–Kier alpha value is -1.81. The SMILES string of the molecule is COc1ccc2c(c1)CC(Nc1cc(Cl)nc(C3CC3)n1)CCC2. The number of hydrogen-bond acceptors (Lipinski definition) is 4. The molecule has 1 aromatic carbocycles. The number of nitrogens with zero attached hydrogens (tertiary/aromatic N) is 2. The van der Waals surface area contributed by atoms with Crippen LogP contribution in [0.5, 0.6) is 5.75 Å². The largest absolute Gasteiger partial charge is 0.497 e. The maximum atomic E-state index is 6.18. The molecule has 1 aromatic heterocycles. The van der Waals surface area contributed by atoms with Crippen molar-refractivity contribution >= 4 is 17.4 Å². The van der Waals surface area contributed by atoms with Crippen LogP contribution in [0.15, 0.2) is 24.3 Å². The fourth-order valence-corrected chi connectivity index (χ4v) is 3.63. The summed E-state index contributed by atoms with van der Waals surface area (Å²) in [6.07, 6.45) is 6.75. The fraction of sp³-hybridized carbons (Fsp3) is 0.474. The van der Waals surface area contributed by atoms with Gasteiger partial charge in [-0.15, -0.1) is 0 Å². The van der Waals surface area contributed by atoms with E-state index in [2.05, 4.69) is 33.5 Å². The molecule has 0 amide bonds. The van der Waals surface area contributed by atoms with Crippen LogP contribution in [0.3, 0.4) is 0 Å². The zero-order valence-corrected chi connectivity index (χ0v) is 14.6. The predicted molar refractivity (Wildman–Crippen MR) is 96.1 cm³/mol. The highest BCUT2D eigenvalue weighted by Crippen LogP contribution is 2.39. The molecule has 1 N–H and O–H groups in total. The lowest BCUT2D eigenvalue weighted by atomic mass is 10.0. The van der Waals surface area contributed by atoms with E-state index in [-0.39, 0.29) is 0 Å². The number of nitrogens with one attached hydrogen (secondary N) is 1. The average molecular weight is 344 g/mol. The summed E-state index contributed by atoms with van der Waals surface area (Å²) in [5.41, 5.74) is 2.80. The third-order valence-corrected chi connectivity index (χ3v) is 5.08. The topological polar surface area (TPSA) is 47.0 Å². The Labute approximate surface area is 147 Å². The number of rotatable bonds is 4. The van der Waals surface area contributed by atoms with Crippen molar-refractivity contribution in [2.75, 3.05) is 12.4 Å². The van der Waals surface area contributed by atoms with Crippen LogP contribution in [0, 0.1) is 0 Å². The minimum Gasteiger partial charge on any atom is -0.497 e. The van der Waals surface area contributed by atoms with Crippen LogP contribution in [0.25, 0.3) is 0 Å². The first-order valence-corrected chi connectivity index (χ1v) is 9.06. The van der Waals surface area contributed by atoms with Gasteiger partial charge in [0.25, 0.3) is 0 Å². The van der Waals surface area contributed by atoms with Gasteiger partial charge in [0.05, 0.1) is 7.11 Å². The van der Waals surface area contributed by atoms with E-state index in [1.165, 1.54) is 30.4 Å². The number of benzene rings is 1. The van der Waals surface area contributed by atoms with Crippen molar-refractivity contribution in [2.24, 2.45) is 0 Å². The first-order chi connectivity index (χ1) is 11.7. The zero-order chi connectivity index (χ0) is 16.5. The van der Waals surface area contributed by atoms with Gasteiger partial charge in [-0.25, -0.2) is 9.97 Å². The van der Waals surface area contributed by atoms with Gasteiger partial charge in [0, 0.05) is 18.0 Å². The lowest BCUT2D eigenvalue weighted by molar-refractivity contribution is 0.414. The Morgan fingerprint density at radius 2 is 2.00 bits per heavy atom. The Morgan fingerprint density at radius 1 is 1.12 bits per heavy atom. The van der Waals surface area contributed by atoms with Crippen molar-refractivity contribution in [1.29, 1.82) is 0 Å². The molecule has 1 fully saturated rings. The molecule has 2 aromatic rings. The smallest absolute Gasteiger partial charge is 0.135 e. The molecule has 5 heteroatoms. The summed E-state index contributed by atoms with van der Waals surface area (Å²) in [6.45, 7) is 0. The Balaban J connectivity index is 1.54. The third-order valence-electron chi connectivity index (χ3n) is 4.89. The van der Waals surface area contributed by atoms with Crippen LogP contribution < -0.4 is 10.1 Å². The lowest BCUT2D eigenvalue weighted by Gasteiger charge is -2.18. The molecular weight excluding hydrogens is 322 g/mol. The second-order valence-corrected chi connectivity index (χ2v) is 7.17. The molecule has 0 aliphatic heterocycles. The van der Waals surface area contributed by atoms with Crippen molar-refractivity contribution in [3.05, 3.63) is 46.4 Å². The number of anilines is 1. The van der Waals surface area contributed by atoms with Crippen molar-refractivity contribution in [1.82, 2.24) is 9.97 Å². The zero-order valence-electron chi connectivity index (χ0n) is 13.9. The quantitative estimate of drug-likeness (QED) is 0.661. The van der Waals surface area contributed by atoms with Gasteiger partial charge in [-0.2, -0.15) is 0 Å². The van der Waals surface area contributed by atoms with Gasteiger partial charge in [-0.1, -0.05) is 17.7 Å². The molecule has 1 heterocycles. The average Bonchev–Trinajstić information content (AvgIpc) is 3.40. The van der Waals surface area contributed by atoms with Crippen LogP contribution in [-0.4, -0.2) is 23.1 Å². The molecule has 1 atom stereocenters. The van der Waals surface area contributed by atoms with E-state index in [0.29, 0.717) is 17.1 Å². The van der Waals surface area contributed by atoms with E-state index in [4.69, 9.17) is 16.3 Å². The van der Waals surface area contributed by atoms with Crippen molar-refractivity contribution in [3.8, 4) is 5.75 Å². The number of fused-ring (bicyclic) bond motifs is 1. The third kappa shape index (κ3) is 3.48. The molecular formula is C19H22ClN3O. The van der Waals surface area contributed by atoms with E-state index < -0.39 is 0 Å².